The third-order valence-corrected chi connectivity index (χ3v) is 2.99. The minimum atomic E-state index is -0.374. The number of hydrogen-bond donors (Lipinski definition) is 0. The van der Waals surface area contributed by atoms with Crippen LogP contribution in [0.25, 0.3) is 0 Å². The van der Waals surface area contributed by atoms with Crippen molar-refractivity contribution < 1.29 is 14.3 Å². The number of carbonyl (C=O) groups is 1. The van der Waals surface area contributed by atoms with Crippen LogP contribution < -0.4 is 0 Å². The van der Waals surface area contributed by atoms with E-state index in [0.717, 1.165) is 5.57 Å². The zero-order valence-electron chi connectivity index (χ0n) is 12.1. The Morgan fingerprint density at radius 1 is 1.53 bits per heavy atom. The maximum atomic E-state index is 11.6. The van der Waals surface area contributed by atoms with Gasteiger partial charge in [-0.3, -0.25) is 0 Å². The van der Waals surface area contributed by atoms with Gasteiger partial charge in [-0.2, -0.15) is 0 Å². The molecule has 3 nitrogen and oxygen atoms in total. The van der Waals surface area contributed by atoms with Crippen molar-refractivity contribution in [1.82, 2.24) is 0 Å². The molecule has 0 fully saturated rings. The van der Waals surface area contributed by atoms with Crippen molar-refractivity contribution >= 4 is 5.97 Å². The Labute approximate surface area is 115 Å². The van der Waals surface area contributed by atoms with Crippen molar-refractivity contribution in [3.63, 3.8) is 0 Å². The average molecular weight is 262 g/mol. The summed E-state index contributed by atoms with van der Waals surface area (Å²) < 4.78 is 10.3. The van der Waals surface area contributed by atoms with Crippen LogP contribution in [0.1, 0.15) is 27.2 Å². The van der Waals surface area contributed by atoms with E-state index >= 15 is 0 Å². The summed E-state index contributed by atoms with van der Waals surface area (Å²) in [5.41, 5.74) is 1.16. The summed E-state index contributed by atoms with van der Waals surface area (Å²) in [4.78, 5) is 11.6. The molecule has 0 spiro atoms. The van der Waals surface area contributed by atoms with Gasteiger partial charge >= 0.3 is 5.97 Å². The Bertz CT molecular complexity index is 427. The number of esters is 1. The Morgan fingerprint density at radius 3 is 2.84 bits per heavy atom. The number of methoxy groups -OCH3 is 1. The fourth-order valence-corrected chi connectivity index (χ4v) is 1.93. The van der Waals surface area contributed by atoms with Gasteiger partial charge in [-0.15, -0.1) is 0 Å². The monoisotopic (exact) mass is 262 g/mol. The molecule has 3 heteroatoms. The Morgan fingerprint density at radius 2 is 2.26 bits per heavy atom. The highest BCUT2D eigenvalue weighted by Crippen LogP contribution is 2.22. The van der Waals surface area contributed by atoms with Crippen LogP contribution in [-0.2, 0) is 14.3 Å². The van der Waals surface area contributed by atoms with Gasteiger partial charge in [-0.1, -0.05) is 42.9 Å². The molecule has 0 aromatic carbocycles. The van der Waals surface area contributed by atoms with Crippen LogP contribution in [0.15, 0.2) is 47.8 Å². The molecule has 0 aromatic heterocycles. The highest BCUT2D eigenvalue weighted by molar-refractivity contribution is 5.87. The Hall–Kier alpha value is -1.77. The maximum absolute atomic E-state index is 11.6. The van der Waals surface area contributed by atoms with Crippen LogP contribution in [0.3, 0.4) is 0 Å². The summed E-state index contributed by atoms with van der Waals surface area (Å²) in [6.07, 6.45) is 12.5. The van der Waals surface area contributed by atoms with Crippen molar-refractivity contribution in [2.24, 2.45) is 5.92 Å². The van der Waals surface area contributed by atoms with Crippen molar-refractivity contribution in [3.8, 4) is 0 Å². The number of ether oxygens (including phenoxy) is 2. The molecule has 0 amide bonds. The van der Waals surface area contributed by atoms with Gasteiger partial charge in [0.25, 0.3) is 0 Å². The molecular formula is C16H22O3. The summed E-state index contributed by atoms with van der Waals surface area (Å²) in [6.45, 7) is 6.07. The minimum absolute atomic E-state index is 0.114. The van der Waals surface area contributed by atoms with E-state index in [1.807, 2.05) is 38.2 Å². The second-order valence-electron chi connectivity index (χ2n) is 4.61. The second-order valence-corrected chi connectivity index (χ2v) is 4.61. The van der Waals surface area contributed by atoms with Gasteiger partial charge in [-0.25, -0.2) is 4.79 Å². The smallest absolute Gasteiger partial charge is 0.373 e. The first-order valence-corrected chi connectivity index (χ1v) is 6.51. The summed E-state index contributed by atoms with van der Waals surface area (Å²) >= 11 is 0. The van der Waals surface area contributed by atoms with Crippen molar-refractivity contribution in [2.75, 3.05) is 7.11 Å². The molecule has 104 valence electrons. The summed E-state index contributed by atoms with van der Waals surface area (Å²) in [6, 6.07) is 0. The molecule has 0 aliphatic carbocycles. The fraction of sp³-hybridized carbons (Fsp3) is 0.438. The summed E-state index contributed by atoms with van der Waals surface area (Å²) in [5.74, 6) is 0.104. The summed E-state index contributed by atoms with van der Waals surface area (Å²) in [7, 11) is 1.48. The second kappa shape index (κ2) is 7.62. The van der Waals surface area contributed by atoms with Gasteiger partial charge in [0.2, 0.25) is 0 Å². The highest BCUT2D eigenvalue weighted by atomic mass is 16.6. The molecular weight excluding hydrogens is 240 g/mol. The SMILES string of the molecule is C\C=C/C=C\C(C)=C\[C@H](C)[C@@H]1CC=C(OC)C(=O)O1. The van der Waals surface area contributed by atoms with Crippen LogP contribution in [-0.4, -0.2) is 19.2 Å². The largest absolute Gasteiger partial charge is 0.490 e. The Kier molecular flexibility index (Phi) is 6.13. The first kappa shape index (κ1) is 15.3. The molecule has 1 rings (SSSR count). The average Bonchev–Trinajstić information content (AvgIpc) is 2.38. The zero-order valence-corrected chi connectivity index (χ0v) is 12.1. The summed E-state index contributed by atoms with van der Waals surface area (Å²) in [5, 5.41) is 0. The predicted octanol–water partition coefficient (Wildman–Crippen LogP) is 3.55. The van der Waals surface area contributed by atoms with Gasteiger partial charge in [0.05, 0.1) is 7.11 Å². The van der Waals surface area contributed by atoms with Crippen LogP contribution in [0.2, 0.25) is 0 Å². The lowest BCUT2D eigenvalue weighted by Gasteiger charge is -2.25. The van der Waals surface area contributed by atoms with Crippen LogP contribution in [0.5, 0.6) is 0 Å². The molecule has 1 aliphatic heterocycles. The molecule has 1 aliphatic rings. The standard InChI is InChI=1S/C16H22O3/c1-5-6-7-8-12(2)11-13(3)14-9-10-15(18-4)16(17)19-14/h5-8,10-11,13-14H,9H2,1-4H3/b6-5-,8-7-,12-11+/t13-,14-/m0/s1. The van der Waals surface area contributed by atoms with E-state index in [-0.39, 0.29) is 18.0 Å². The number of carbonyl (C=O) groups excluding carboxylic acids is 1. The fourth-order valence-electron chi connectivity index (χ4n) is 1.93. The van der Waals surface area contributed by atoms with E-state index < -0.39 is 0 Å². The topological polar surface area (TPSA) is 35.5 Å². The quantitative estimate of drug-likeness (QED) is 0.561. The van der Waals surface area contributed by atoms with Crippen LogP contribution >= 0.6 is 0 Å². The third-order valence-electron chi connectivity index (χ3n) is 2.99. The number of rotatable bonds is 5. The molecule has 0 aromatic rings. The van der Waals surface area contributed by atoms with Gasteiger partial charge in [0.15, 0.2) is 5.76 Å². The molecule has 0 N–H and O–H groups in total. The zero-order chi connectivity index (χ0) is 14.3. The third kappa shape index (κ3) is 4.78. The van der Waals surface area contributed by atoms with E-state index in [9.17, 15) is 4.79 Å². The van der Waals surface area contributed by atoms with Crippen molar-refractivity contribution in [2.45, 2.75) is 33.3 Å². The van der Waals surface area contributed by atoms with Crippen molar-refractivity contribution in [3.05, 3.63) is 47.8 Å². The van der Waals surface area contributed by atoms with Crippen LogP contribution in [0, 0.1) is 5.92 Å². The molecule has 1 heterocycles. The van der Waals surface area contributed by atoms with E-state index in [2.05, 4.69) is 13.0 Å². The minimum Gasteiger partial charge on any atom is -0.490 e. The van der Waals surface area contributed by atoms with E-state index in [1.165, 1.54) is 7.11 Å². The molecule has 0 bridgehead atoms. The van der Waals surface area contributed by atoms with Gasteiger partial charge < -0.3 is 9.47 Å². The van der Waals surface area contributed by atoms with Crippen LogP contribution in [0.4, 0.5) is 0 Å². The van der Waals surface area contributed by atoms with Gasteiger partial charge in [-0.05, 0) is 19.9 Å². The van der Waals surface area contributed by atoms with E-state index in [1.54, 1.807) is 6.08 Å². The van der Waals surface area contributed by atoms with Crippen molar-refractivity contribution in [1.29, 1.82) is 0 Å². The van der Waals surface area contributed by atoms with E-state index in [0.29, 0.717) is 12.2 Å². The lowest BCUT2D eigenvalue weighted by atomic mass is 9.97. The first-order chi connectivity index (χ1) is 9.08. The lowest BCUT2D eigenvalue weighted by molar-refractivity contribution is -0.151. The normalized spacial score (nSPS) is 22.5. The molecule has 0 radical (unpaired) electrons. The number of hydrogen-bond acceptors (Lipinski definition) is 3. The number of allylic oxidation sites excluding steroid dienone is 5. The van der Waals surface area contributed by atoms with Gasteiger partial charge in [0, 0.05) is 12.3 Å². The maximum Gasteiger partial charge on any atom is 0.373 e. The molecule has 19 heavy (non-hydrogen) atoms. The Balaban J connectivity index is 2.64. The first-order valence-electron chi connectivity index (χ1n) is 6.51. The van der Waals surface area contributed by atoms with E-state index in [4.69, 9.17) is 9.47 Å². The molecule has 0 unspecified atom stereocenters. The molecule has 0 saturated heterocycles. The number of cyclic esters (lactones) is 1. The van der Waals surface area contributed by atoms with Gasteiger partial charge in [0.1, 0.15) is 6.10 Å². The highest BCUT2D eigenvalue weighted by Gasteiger charge is 2.26. The molecule has 2 atom stereocenters. The lowest BCUT2D eigenvalue weighted by Crippen LogP contribution is -2.29. The predicted molar refractivity (Wildman–Crippen MR) is 76.5 cm³/mol. The molecule has 0 saturated carbocycles.